The first-order valence-corrected chi connectivity index (χ1v) is 10.5. The number of hydrogen-bond donors (Lipinski definition) is 2. The van der Waals surface area contributed by atoms with Crippen LogP contribution in [0.4, 0.5) is 13.6 Å². The maximum atomic E-state index is 14.2. The molecular formula is C22H27F2N5O4. The number of imidazole rings is 1. The molecule has 1 aromatic carbocycles. The van der Waals surface area contributed by atoms with Gasteiger partial charge in [-0.05, 0) is 51.0 Å². The zero-order valence-corrected chi connectivity index (χ0v) is 18.7. The molecule has 3 rings (SSSR count). The van der Waals surface area contributed by atoms with Crippen LogP contribution in [-0.2, 0) is 29.0 Å². The van der Waals surface area contributed by atoms with Gasteiger partial charge in [0, 0.05) is 31.7 Å². The number of carbonyl (C=O) groups is 3. The highest BCUT2D eigenvalue weighted by molar-refractivity contribution is 5.90. The molecule has 9 nitrogen and oxygen atoms in total. The van der Waals surface area contributed by atoms with E-state index in [-0.39, 0.29) is 36.6 Å². The molecule has 1 unspecified atom stereocenters. The van der Waals surface area contributed by atoms with Crippen molar-refractivity contribution in [1.29, 1.82) is 0 Å². The van der Waals surface area contributed by atoms with Gasteiger partial charge in [-0.15, -0.1) is 0 Å². The number of benzene rings is 1. The van der Waals surface area contributed by atoms with Crippen LogP contribution >= 0.6 is 0 Å². The van der Waals surface area contributed by atoms with Gasteiger partial charge >= 0.3 is 6.09 Å². The van der Waals surface area contributed by atoms with E-state index < -0.39 is 35.3 Å². The van der Waals surface area contributed by atoms with Gasteiger partial charge in [-0.3, -0.25) is 9.59 Å². The number of rotatable bonds is 6. The van der Waals surface area contributed by atoms with Gasteiger partial charge in [0.05, 0.1) is 6.54 Å². The fraction of sp³-hybridized carbons (Fsp3) is 0.455. The zero-order chi connectivity index (χ0) is 24.3. The molecule has 1 aliphatic heterocycles. The van der Waals surface area contributed by atoms with Crippen LogP contribution in [0, 0.1) is 11.6 Å². The van der Waals surface area contributed by atoms with Crippen LogP contribution < -0.4 is 11.1 Å². The first kappa shape index (κ1) is 24.1. The Morgan fingerprint density at radius 1 is 1.24 bits per heavy atom. The SMILES string of the molecule is CC(C)(C)OC(=O)NC(CC(=O)N1CCn2cc(C(N)=O)nc2C1)Cc1cc(F)ccc1F. The van der Waals surface area contributed by atoms with Gasteiger partial charge in [-0.25, -0.2) is 18.6 Å². The second-order valence-corrected chi connectivity index (χ2v) is 8.90. The Morgan fingerprint density at radius 2 is 1.97 bits per heavy atom. The van der Waals surface area contributed by atoms with Crippen molar-refractivity contribution in [2.24, 2.45) is 5.73 Å². The summed E-state index contributed by atoms with van der Waals surface area (Å²) in [5.74, 6) is -1.73. The molecule has 178 valence electrons. The van der Waals surface area contributed by atoms with Gasteiger partial charge in [-0.1, -0.05) is 0 Å². The summed E-state index contributed by atoms with van der Waals surface area (Å²) >= 11 is 0. The summed E-state index contributed by atoms with van der Waals surface area (Å²) in [7, 11) is 0. The van der Waals surface area contributed by atoms with Crippen LogP contribution in [0.2, 0.25) is 0 Å². The third-order valence-corrected chi connectivity index (χ3v) is 5.02. The molecule has 2 heterocycles. The maximum absolute atomic E-state index is 14.2. The highest BCUT2D eigenvalue weighted by Gasteiger charge is 2.28. The fourth-order valence-electron chi connectivity index (χ4n) is 3.54. The molecule has 0 radical (unpaired) electrons. The number of nitrogens with one attached hydrogen (secondary N) is 1. The van der Waals surface area contributed by atoms with E-state index in [1.165, 1.54) is 4.90 Å². The van der Waals surface area contributed by atoms with E-state index in [2.05, 4.69) is 10.3 Å². The minimum absolute atomic E-state index is 0.0316. The standard InChI is InChI=1S/C22H27F2N5O4/c1-22(2,3)33-21(32)26-15(9-13-8-14(23)4-5-16(13)24)10-19(30)29-7-6-28-11-17(20(25)31)27-18(28)12-29/h4-5,8,11,15H,6-7,9-10,12H2,1-3H3,(H2,25,31)(H,26,32). The van der Waals surface area contributed by atoms with Gasteiger partial charge < -0.3 is 25.3 Å². The Bertz CT molecular complexity index is 1060. The molecule has 0 saturated heterocycles. The molecule has 0 saturated carbocycles. The first-order valence-electron chi connectivity index (χ1n) is 10.5. The molecule has 2 aromatic rings. The fourth-order valence-corrected chi connectivity index (χ4v) is 3.54. The largest absolute Gasteiger partial charge is 0.444 e. The van der Waals surface area contributed by atoms with Crippen molar-refractivity contribution in [2.45, 2.75) is 58.3 Å². The number of alkyl carbamates (subject to hydrolysis) is 1. The van der Waals surface area contributed by atoms with Gasteiger partial charge in [0.2, 0.25) is 5.91 Å². The van der Waals surface area contributed by atoms with Crippen molar-refractivity contribution < 1.29 is 27.9 Å². The smallest absolute Gasteiger partial charge is 0.407 e. The Hall–Kier alpha value is -3.50. The number of fused-ring (bicyclic) bond motifs is 1. The second-order valence-electron chi connectivity index (χ2n) is 8.90. The van der Waals surface area contributed by atoms with E-state index in [4.69, 9.17) is 10.5 Å². The van der Waals surface area contributed by atoms with Crippen molar-refractivity contribution in [2.75, 3.05) is 6.54 Å². The lowest BCUT2D eigenvalue weighted by Crippen LogP contribution is -2.45. The van der Waals surface area contributed by atoms with Gasteiger partial charge in [-0.2, -0.15) is 0 Å². The number of hydrogen-bond acceptors (Lipinski definition) is 5. The molecule has 1 aromatic heterocycles. The van der Waals surface area contributed by atoms with E-state index in [1.807, 2.05) is 0 Å². The number of primary amides is 1. The van der Waals surface area contributed by atoms with Crippen molar-refractivity contribution >= 4 is 17.9 Å². The Labute approximate surface area is 189 Å². The van der Waals surface area contributed by atoms with Crippen LogP contribution in [0.15, 0.2) is 24.4 Å². The number of halogens is 2. The highest BCUT2D eigenvalue weighted by atomic mass is 19.1. The first-order chi connectivity index (χ1) is 15.4. The van der Waals surface area contributed by atoms with Crippen LogP contribution in [-0.4, -0.2) is 50.5 Å². The van der Waals surface area contributed by atoms with E-state index >= 15 is 0 Å². The normalized spacial score (nSPS) is 14.4. The van der Waals surface area contributed by atoms with E-state index in [0.29, 0.717) is 18.9 Å². The maximum Gasteiger partial charge on any atom is 0.407 e. The molecule has 33 heavy (non-hydrogen) atoms. The van der Waals surface area contributed by atoms with Crippen molar-refractivity contribution in [1.82, 2.24) is 19.8 Å². The topological polar surface area (TPSA) is 120 Å². The number of ether oxygens (including phenoxy) is 1. The lowest BCUT2D eigenvalue weighted by molar-refractivity contribution is -0.133. The summed E-state index contributed by atoms with van der Waals surface area (Å²) in [6.07, 6.45) is 0.498. The number of nitrogens with zero attached hydrogens (tertiary/aromatic N) is 3. The van der Waals surface area contributed by atoms with Crippen molar-refractivity contribution in [3.63, 3.8) is 0 Å². The number of aromatic nitrogens is 2. The molecule has 1 atom stereocenters. The summed E-state index contributed by atoms with van der Waals surface area (Å²) < 4.78 is 34.9. The average Bonchev–Trinajstić information content (AvgIpc) is 3.13. The number of carbonyl (C=O) groups excluding carboxylic acids is 3. The Balaban J connectivity index is 1.74. The van der Waals surface area contributed by atoms with Gasteiger partial charge in [0.1, 0.15) is 28.8 Å². The average molecular weight is 463 g/mol. The summed E-state index contributed by atoms with van der Waals surface area (Å²) in [6.45, 7) is 6.00. The second kappa shape index (κ2) is 9.55. The molecule has 0 aliphatic carbocycles. The molecule has 0 bridgehead atoms. The molecule has 3 N–H and O–H groups in total. The van der Waals surface area contributed by atoms with E-state index in [9.17, 15) is 23.2 Å². The zero-order valence-electron chi connectivity index (χ0n) is 18.7. The molecule has 3 amide bonds. The van der Waals surface area contributed by atoms with Crippen LogP contribution in [0.25, 0.3) is 0 Å². The number of amides is 3. The predicted octanol–water partition coefficient (Wildman–Crippen LogP) is 2.13. The monoisotopic (exact) mass is 463 g/mol. The van der Waals surface area contributed by atoms with Gasteiger partial charge in [0.15, 0.2) is 0 Å². The molecule has 11 heteroatoms. The number of nitrogens with two attached hydrogens (primary N) is 1. The molecule has 0 fully saturated rings. The van der Waals surface area contributed by atoms with E-state index in [0.717, 1.165) is 18.2 Å². The summed E-state index contributed by atoms with van der Waals surface area (Å²) in [4.78, 5) is 42.4. The summed E-state index contributed by atoms with van der Waals surface area (Å²) in [5, 5.41) is 2.60. The minimum atomic E-state index is -0.841. The quantitative estimate of drug-likeness (QED) is 0.680. The molecular weight excluding hydrogens is 436 g/mol. The molecule has 0 spiro atoms. The van der Waals surface area contributed by atoms with Crippen LogP contribution in [0.3, 0.4) is 0 Å². The predicted molar refractivity (Wildman–Crippen MR) is 114 cm³/mol. The van der Waals surface area contributed by atoms with Crippen molar-refractivity contribution in [3.05, 3.63) is 53.1 Å². The third kappa shape index (κ3) is 6.50. The van der Waals surface area contributed by atoms with Crippen LogP contribution in [0.1, 0.15) is 49.1 Å². The van der Waals surface area contributed by atoms with E-state index in [1.54, 1.807) is 31.5 Å². The third-order valence-electron chi connectivity index (χ3n) is 5.02. The highest BCUT2D eigenvalue weighted by Crippen LogP contribution is 2.18. The minimum Gasteiger partial charge on any atom is -0.444 e. The van der Waals surface area contributed by atoms with Crippen molar-refractivity contribution in [3.8, 4) is 0 Å². The van der Waals surface area contributed by atoms with Crippen LogP contribution in [0.5, 0.6) is 0 Å². The molecule has 1 aliphatic rings. The Morgan fingerprint density at radius 3 is 2.64 bits per heavy atom. The van der Waals surface area contributed by atoms with Gasteiger partial charge in [0.25, 0.3) is 5.91 Å². The lowest BCUT2D eigenvalue weighted by Gasteiger charge is -2.30. The summed E-state index contributed by atoms with van der Waals surface area (Å²) in [6, 6.07) is 2.19. The lowest BCUT2D eigenvalue weighted by atomic mass is 10.0. The summed E-state index contributed by atoms with van der Waals surface area (Å²) in [5.41, 5.74) is 4.64. The Kier molecular flexibility index (Phi) is 6.99.